The van der Waals surface area contributed by atoms with Crippen LogP contribution in [0.25, 0.3) is 0 Å². The highest BCUT2D eigenvalue weighted by molar-refractivity contribution is 9.10. The molecule has 1 aromatic heterocycles. The second-order valence-electron chi connectivity index (χ2n) is 7.88. The molecule has 1 heterocycles. The van der Waals surface area contributed by atoms with Gasteiger partial charge < -0.3 is 4.74 Å². The number of rotatable bonds is 5. The third-order valence-electron chi connectivity index (χ3n) is 5.80. The molecule has 2 N–H and O–H groups in total. The molecule has 0 radical (unpaired) electrons. The quantitative estimate of drug-likeness (QED) is 0.592. The fourth-order valence-electron chi connectivity index (χ4n) is 5.57. The predicted molar refractivity (Wildman–Crippen MR) is 93.7 cm³/mol. The molecule has 1 amide bonds. The average molecular weight is 395 g/mol. The van der Waals surface area contributed by atoms with Crippen LogP contribution < -0.4 is 15.6 Å². The van der Waals surface area contributed by atoms with Gasteiger partial charge >= 0.3 is 0 Å². The number of hydrogen-bond donors (Lipinski definition) is 2. The van der Waals surface area contributed by atoms with Crippen LogP contribution in [0.4, 0.5) is 5.95 Å². The maximum atomic E-state index is 12.5. The maximum absolute atomic E-state index is 12.5. The number of carbonyl (C=O) groups excluding carboxylic acids is 1. The fourth-order valence-corrected chi connectivity index (χ4v) is 7.08. The molecule has 4 saturated carbocycles. The standard InChI is InChI=1S/C17H23BrN4O2/c1-24-14-2-3-19-15(20-14)22-21-13(23)9-16-5-11-4-12(6-16)8-17(18,7-11)10-16/h2-3,11-12H,4-10H2,1H3,(H,21,23)(H,19,20,22)/t11-,12-,16?,17?/m1/s1. The highest BCUT2D eigenvalue weighted by Gasteiger charge is 2.57. The number of hydrogen-bond acceptors (Lipinski definition) is 5. The number of aromatic nitrogens is 2. The summed E-state index contributed by atoms with van der Waals surface area (Å²) in [5, 5.41) is 0. The molecule has 6 nitrogen and oxygen atoms in total. The summed E-state index contributed by atoms with van der Waals surface area (Å²) >= 11 is 3.99. The number of ether oxygens (including phenoxy) is 1. The van der Waals surface area contributed by atoms with Gasteiger partial charge in [-0.1, -0.05) is 15.9 Å². The fraction of sp³-hybridized carbons (Fsp3) is 0.706. The van der Waals surface area contributed by atoms with Crippen LogP contribution in [0.5, 0.6) is 5.88 Å². The summed E-state index contributed by atoms with van der Waals surface area (Å²) < 4.78 is 5.33. The summed E-state index contributed by atoms with van der Waals surface area (Å²) in [5.74, 6) is 2.38. The molecule has 4 fully saturated rings. The molecule has 1 aromatic rings. The number of halogens is 1. The lowest BCUT2D eigenvalue weighted by molar-refractivity contribution is -0.127. The van der Waals surface area contributed by atoms with Crippen molar-refractivity contribution in [1.82, 2.24) is 15.4 Å². The molecule has 0 unspecified atom stereocenters. The minimum atomic E-state index is 0.0134. The van der Waals surface area contributed by atoms with Crippen molar-refractivity contribution in [3.8, 4) is 5.88 Å². The van der Waals surface area contributed by atoms with Gasteiger partial charge in [0.15, 0.2) is 0 Å². The van der Waals surface area contributed by atoms with Crippen LogP contribution >= 0.6 is 15.9 Å². The molecule has 0 aromatic carbocycles. The Labute approximate surface area is 150 Å². The Kier molecular flexibility index (Phi) is 3.94. The zero-order valence-corrected chi connectivity index (χ0v) is 15.4. The first-order valence-corrected chi connectivity index (χ1v) is 9.38. The van der Waals surface area contributed by atoms with E-state index in [0.717, 1.165) is 18.3 Å². The SMILES string of the molecule is COc1ccnc(NNC(=O)CC23C[C@H]4C[C@@H](CC(Br)(C4)C2)C3)n1. The molecule has 4 bridgehead atoms. The first-order chi connectivity index (χ1) is 11.5. The minimum absolute atomic E-state index is 0.0134. The van der Waals surface area contributed by atoms with Gasteiger partial charge in [0.2, 0.25) is 17.7 Å². The van der Waals surface area contributed by atoms with E-state index in [1.54, 1.807) is 19.4 Å². The molecular formula is C17H23BrN4O2. The Morgan fingerprint density at radius 1 is 1.38 bits per heavy atom. The van der Waals surface area contributed by atoms with Crippen molar-refractivity contribution in [2.45, 2.75) is 49.3 Å². The number of methoxy groups -OCH3 is 1. The van der Waals surface area contributed by atoms with E-state index in [1.807, 2.05) is 0 Å². The summed E-state index contributed by atoms with van der Waals surface area (Å²) in [6, 6.07) is 1.66. The molecule has 4 aliphatic rings. The first kappa shape index (κ1) is 16.1. The second kappa shape index (κ2) is 5.86. The molecule has 7 heteroatoms. The van der Waals surface area contributed by atoms with Gasteiger partial charge in [-0.15, -0.1) is 0 Å². The molecule has 5 rings (SSSR count). The molecule has 0 aliphatic heterocycles. The van der Waals surface area contributed by atoms with E-state index in [-0.39, 0.29) is 15.6 Å². The zero-order chi connectivity index (χ0) is 16.8. The largest absolute Gasteiger partial charge is 0.481 e. The number of hydrazine groups is 1. The summed E-state index contributed by atoms with van der Waals surface area (Å²) in [5.41, 5.74) is 5.71. The van der Waals surface area contributed by atoms with Crippen molar-refractivity contribution < 1.29 is 9.53 Å². The minimum Gasteiger partial charge on any atom is -0.481 e. The van der Waals surface area contributed by atoms with Gasteiger partial charge in [-0.2, -0.15) is 4.98 Å². The summed E-state index contributed by atoms with van der Waals surface area (Å²) in [6.45, 7) is 0. The van der Waals surface area contributed by atoms with Crippen molar-refractivity contribution >= 4 is 27.8 Å². The Hall–Kier alpha value is -1.37. The van der Waals surface area contributed by atoms with Crippen LogP contribution in [-0.2, 0) is 4.79 Å². The number of anilines is 1. The highest BCUT2D eigenvalue weighted by Crippen LogP contribution is 2.65. The van der Waals surface area contributed by atoms with Crippen molar-refractivity contribution in [1.29, 1.82) is 0 Å². The van der Waals surface area contributed by atoms with Crippen molar-refractivity contribution in [2.24, 2.45) is 17.3 Å². The number of nitrogens with zero attached hydrogens (tertiary/aromatic N) is 2. The maximum Gasteiger partial charge on any atom is 0.245 e. The topological polar surface area (TPSA) is 76.1 Å². The van der Waals surface area contributed by atoms with E-state index in [0.29, 0.717) is 18.2 Å². The summed E-state index contributed by atoms with van der Waals surface area (Å²) in [4.78, 5) is 20.7. The number of nitrogens with one attached hydrogen (secondary N) is 2. The molecular weight excluding hydrogens is 372 g/mol. The van der Waals surface area contributed by atoms with Crippen LogP contribution in [0.3, 0.4) is 0 Å². The van der Waals surface area contributed by atoms with E-state index in [9.17, 15) is 4.79 Å². The second-order valence-corrected chi connectivity index (χ2v) is 9.57. The van der Waals surface area contributed by atoms with Crippen LogP contribution in [0.15, 0.2) is 12.3 Å². The third kappa shape index (κ3) is 3.10. The molecule has 0 saturated heterocycles. The Morgan fingerprint density at radius 3 is 2.79 bits per heavy atom. The van der Waals surface area contributed by atoms with Gasteiger partial charge in [0.05, 0.1) is 7.11 Å². The van der Waals surface area contributed by atoms with Gasteiger partial charge in [0, 0.05) is 23.0 Å². The van der Waals surface area contributed by atoms with Crippen molar-refractivity contribution in [2.75, 3.05) is 12.5 Å². The van der Waals surface area contributed by atoms with E-state index in [4.69, 9.17) is 4.74 Å². The molecule has 24 heavy (non-hydrogen) atoms. The lowest BCUT2D eigenvalue weighted by Crippen LogP contribution is -2.54. The molecule has 0 spiro atoms. The summed E-state index contributed by atoms with van der Waals surface area (Å²) in [7, 11) is 1.55. The first-order valence-electron chi connectivity index (χ1n) is 8.58. The van der Waals surface area contributed by atoms with Crippen LogP contribution in [-0.4, -0.2) is 27.3 Å². The van der Waals surface area contributed by atoms with E-state index in [1.165, 1.54) is 32.1 Å². The van der Waals surface area contributed by atoms with E-state index in [2.05, 4.69) is 36.7 Å². The van der Waals surface area contributed by atoms with Gasteiger partial charge in [-0.3, -0.25) is 15.6 Å². The predicted octanol–water partition coefficient (Wildman–Crippen LogP) is 3.05. The lowest BCUT2D eigenvalue weighted by atomic mass is 9.48. The van der Waals surface area contributed by atoms with E-state index >= 15 is 0 Å². The Balaban J connectivity index is 1.38. The third-order valence-corrected chi connectivity index (χ3v) is 6.73. The molecule has 130 valence electrons. The zero-order valence-electron chi connectivity index (χ0n) is 13.8. The van der Waals surface area contributed by atoms with Crippen molar-refractivity contribution in [3.05, 3.63) is 12.3 Å². The van der Waals surface area contributed by atoms with Crippen LogP contribution in [0.1, 0.15) is 44.9 Å². The summed E-state index contributed by atoms with van der Waals surface area (Å²) in [6.07, 6.45) is 9.59. The number of carbonyl (C=O) groups is 1. The highest BCUT2D eigenvalue weighted by atomic mass is 79.9. The lowest BCUT2D eigenvalue weighted by Gasteiger charge is -2.60. The van der Waals surface area contributed by atoms with E-state index < -0.39 is 0 Å². The van der Waals surface area contributed by atoms with Gasteiger partial charge in [-0.05, 0) is 55.8 Å². The molecule has 2 atom stereocenters. The van der Waals surface area contributed by atoms with Gasteiger partial charge in [-0.25, -0.2) is 4.98 Å². The van der Waals surface area contributed by atoms with Gasteiger partial charge in [0.25, 0.3) is 0 Å². The average Bonchev–Trinajstić information content (AvgIpc) is 2.50. The van der Waals surface area contributed by atoms with Crippen LogP contribution in [0.2, 0.25) is 0 Å². The molecule has 4 aliphatic carbocycles. The smallest absolute Gasteiger partial charge is 0.245 e. The van der Waals surface area contributed by atoms with Gasteiger partial charge in [0.1, 0.15) is 0 Å². The number of amides is 1. The number of alkyl halides is 1. The monoisotopic (exact) mass is 394 g/mol. The van der Waals surface area contributed by atoms with Crippen LogP contribution in [0, 0.1) is 17.3 Å². The van der Waals surface area contributed by atoms with Crippen molar-refractivity contribution in [3.63, 3.8) is 0 Å². The normalized spacial score (nSPS) is 36.4. The Morgan fingerprint density at radius 2 is 2.12 bits per heavy atom. The Bertz CT molecular complexity index is 639.